The standard InChI is InChI=1S/C14H22N2O3S/c1-10-6-11(2)14(7-12(10)8-15)20(17,18)16-5-4-13(9-16)19-3/h6-7,13H,4-5,8-9,15H2,1-3H3. The third-order valence-corrected chi connectivity index (χ3v) is 5.92. The second-order valence-electron chi connectivity index (χ2n) is 5.26. The SMILES string of the molecule is COC1CCN(S(=O)(=O)c2cc(CN)c(C)cc2C)C1. The van der Waals surface area contributed by atoms with Crippen LogP contribution in [0.25, 0.3) is 0 Å². The minimum atomic E-state index is -3.46. The lowest BCUT2D eigenvalue weighted by Crippen LogP contribution is -2.30. The molecule has 0 radical (unpaired) electrons. The van der Waals surface area contributed by atoms with Gasteiger partial charge in [-0.1, -0.05) is 6.07 Å². The van der Waals surface area contributed by atoms with E-state index in [1.165, 1.54) is 4.31 Å². The summed E-state index contributed by atoms with van der Waals surface area (Å²) >= 11 is 0. The second-order valence-corrected chi connectivity index (χ2v) is 7.16. The molecule has 1 aromatic carbocycles. The zero-order valence-corrected chi connectivity index (χ0v) is 13.0. The Hall–Kier alpha value is -0.950. The van der Waals surface area contributed by atoms with Crippen molar-refractivity contribution in [1.82, 2.24) is 4.31 Å². The van der Waals surface area contributed by atoms with Crippen molar-refractivity contribution in [1.29, 1.82) is 0 Å². The molecule has 0 aromatic heterocycles. The quantitative estimate of drug-likeness (QED) is 0.905. The van der Waals surface area contributed by atoms with Crippen molar-refractivity contribution in [3.8, 4) is 0 Å². The number of nitrogens with two attached hydrogens (primary N) is 1. The Bertz CT molecular complexity index is 599. The first-order valence-corrected chi connectivity index (χ1v) is 8.17. The van der Waals surface area contributed by atoms with Gasteiger partial charge in [-0.2, -0.15) is 4.31 Å². The molecule has 20 heavy (non-hydrogen) atoms. The normalized spacial score (nSPS) is 20.5. The second kappa shape index (κ2) is 5.81. The van der Waals surface area contributed by atoms with Crippen LogP contribution in [-0.4, -0.2) is 39.0 Å². The fourth-order valence-electron chi connectivity index (χ4n) is 2.62. The molecule has 2 rings (SSSR count). The Morgan fingerprint density at radius 2 is 2.05 bits per heavy atom. The first kappa shape index (κ1) is 15.4. The van der Waals surface area contributed by atoms with Crippen molar-refractivity contribution in [2.75, 3.05) is 20.2 Å². The smallest absolute Gasteiger partial charge is 0.243 e. The van der Waals surface area contributed by atoms with Gasteiger partial charge in [0.1, 0.15) is 0 Å². The van der Waals surface area contributed by atoms with Gasteiger partial charge in [-0.05, 0) is 43.0 Å². The molecule has 0 spiro atoms. The van der Waals surface area contributed by atoms with E-state index >= 15 is 0 Å². The van der Waals surface area contributed by atoms with E-state index in [-0.39, 0.29) is 6.10 Å². The number of hydrogen-bond donors (Lipinski definition) is 1. The minimum Gasteiger partial charge on any atom is -0.380 e. The number of ether oxygens (including phenoxy) is 1. The predicted molar refractivity (Wildman–Crippen MR) is 78.0 cm³/mol. The van der Waals surface area contributed by atoms with Crippen LogP contribution in [0.1, 0.15) is 23.1 Å². The molecule has 1 fully saturated rings. The topological polar surface area (TPSA) is 72.6 Å². The van der Waals surface area contributed by atoms with Crippen molar-refractivity contribution in [2.45, 2.75) is 37.8 Å². The molecule has 2 N–H and O–H groups in total. The summed E-state index contributed by atoms with van der Waals surface area (Å²) in [5.41, 5.74) is 8.35. The number of methoxy groups -OCH3 is 1. The number of sulfonamides is 1. The fourth-order valence-corrected chi connectivity index (χ4v) is 4.36. The maximum absolute atomic E-state index is 12.7. The zero-order valence-electron chi connectivity index (χ0n) is 12.2. The summed E-state index contributed by atoms with van der Waals surface area (Å²) in [6, 6.07) is 3.60. The summed E-state index contributed by atoms with van der Waals surface area (Å²) in [6.45, 7) is 5.04. The molecule has 0 bridgehead atoms. The Morgan fingerprint density at radius 3 is 2.60 bits per heavy atom. The number of benzene rings is 1. The van der Waals surface area contributed by atoms with Gasteiger partial charge < -0.3 is 10.5 Å². The molecule has 1 unspecified atom stereocenters. The van der Waals surface area contributed by atoms with Gasteiger partial charge in [0, 0.05) is 26.7 Å². The Kier molecular flexibility index (Phi) is 4.49. The van der Waals surface area contributed by atoms with E-state index in [0.717, 1.165) is 23.1 Å². The number of nitrogens with zero attached hydrogens (tertiary/aromatic N) is 1. The number of aryl methyl sites for hydroxylation is 2. The van der Waals surface area contributed by atoms with E-state index in [0.29, 0.717) is 24.5 Å². The lowest BCUT2D eigenvalue weighted by molar-refractivity contribution is 0.115. The first-order valence-electron chi connectivity index (χ1n) is 6.73. The summed E-state index contributed by atoms with van der Waals surface area (Å²) in [6.07, 6.45) is 0.731. The molecule has 0 amide bonds. The van der Waals surface area contributed by atoms with Gasteiger partial charge in [0.15, 0.2) is 0 Å². The van der Waals surface area contributed by atoms with Gasteiger partial charge in [0.05, 0.1) is 11.0 Å². The highest BCUT2D eigenvalue weighted by Gasteiger charge is 2.33. The summed E-state index contributed by atoms with van der Waals surface area (Å²) in [5.74, 6) is 0. The molecule has 1 aliphatic heterocycles. The van der Waals surface area contributed by atoms with E-state index in [2.05, 4.69) is 0 Å². The van der Waals surface area contributed by atoms with Gasteiger partial charge in [0.2, 0.25) is 10.0 Å². The average Bonchev–Trinajstić information content (AvgIpc) is 2.88. The van der Waals surface area contributed by atoms with E-state index in [4.69, 9.17) is 10.5 Å². The molecule has 1 saturated heterocycles. The van der Waals surface area contributed by atoms with Gasteiger partial charge in [0.25, 0.3) is 0 Å². The van der Waals surface area contributed by atoms with Crippen molar-refractivity contribution >= 4 is 10.0 Å². The van der Waals surface area contributed by atoms with Crippen molar-refractivity contribution in [3.63, 3.8) is 0 Å². The fraction of sp³-hybridized carbons (Fsp3) is 0.571. The number of hydrogen-bond acceptors (Lipinski definition) is 4. The summed E-state index contributed by atoms with van der Waals surface area (Å²) < 4.78 is 32.2. The van der Waals surface area contributed by atoms with E-state index in [9.17, 15) is 8.42 Å². The molecule has 1 aromatic rings. The van der Waals surface area contributed by atoms with Crippen LogP contribution >= 0.6 is 0 Å². The minimum absolute atomic E-state index is 0.00971. The molecule has 0 aliphatic carbocycles. The molecule has 112 valence electrons. The van der Waals surface area contributed by atoms with E-state index < -0.39 is 10.0 Å². The maximum atomic E-state index is 12.7. The zero-order chi connectivity index (χ0) is 14.9. The molecular formula is C14H22N2O3S. The molecular weight excluding hydrogens is 276 g/mol. The van der Waals surface area contributed by atoms with Gasteiger partial charge >= 0.3 is 0 Å². The first-order chi connectivity index (χ1) is 9.40. The van der Waals surface area contributed by atoms with Crippen LogP contribution in [0.4, 0.5) is 0 Å². The Labute approximate surface area is 120 Å². The summed E-state index contributed by atoms with van der Waals surface area (Å²) in [4.78, 5) is 0.361. The highest BCUT2D eigenvalue weighted by Crippen LogP contribution is 2.26. The predicted octanol–water partition coefficient (Wildman–Crippen LogP) is 1.17. The van der Waals surface area contributed by atoms with Crippen LogP contribution in [0.3, 0.4) is 0 Å². The lowest BCUT2D eigenvalue weighted by Gasteiger charge is -2.19. The van der Waals surface area contributed by atoms with Crippen molar-refractivity contribution in [2.24, 2.45) is 5.73 Å². The highest BCUT2D eigenvalue weighted by molar-refractivity contribution is 7.89. The molecule has 1 aliphatic rings. The van der Waals surface area contributed by atoms with Crippen molar-refractivity contribution < 1.29 is 13.2 Å². The van der Waals surface area contributed by atoms with Gasteiger partial charge in [-0.15, -0.1) is 0 Å². The van der Waals surface area contributed by atoms with Crippen LogP contribution < -0.4 is 5.73 Å². The lowest BCUT2D eigenvalue weighted by atomic mass is 10.1. The molecule has 1 atom stereocenters. The van der Waals surface area contributed by atoms with Gasteiger partial charge in [-0.3, -0.25) is 0 Å². The van der Waals surface area contributed by atoms with Crippen LogP contribution in [0.2, 0.25) is 0 Å². The van der Waals surface area contributed by atoms with Crippen LogP contribution in [0.15, 0.2) is 17.0 Å². The Morgan fingerprint density at radius 1 is 1.35 bits per heavy atom. The van der Waals surface area contributed by atoms with E-state index in [1.54, 1.807) is 13.2 Å². The van der Waals surface area contributed by atoms with Gasteiger partial charge in [-0.25, -0.2) is 8.42 Å². The molecule has 0 saturated carbocycles. The van der Waals surface area contributed by atoms with E-state index in [1.807, 2.05) is 19.9 Å². The Balaban J connectivity index is 2.40. The molecule has 5 nitrogen and oxygen atoms in total. The monoisotopic (exact) mass is 298 g/mol. The third kappa shape index (κ3) is 2.74. The van der Waals surface area contributed by atoms with Crippen LogP contribution in [0, 0.1) is 13.8 Å². The van der Waals surface area contributed by atoms with Crippen molar-refractivity contribution in [3.05, 3.63) is 28.8 Å². The third-order valence-electron chi connectivity index (χ3n) is 3.91. The molecule has 6 heteroatoms. The molecule has 1 heterocycles. The average molecular weight is 298 g/mol. The summed E-state index contributed by atoms with van der Waals surface area (Å²) in [5, 5.41) is 0. The maximum Gasteiger partial charge on any atom is 0.243 e. The summed E-state index contributed by atoms with van der Waals surface area (Å²) in [7, 11) is -1.85. The number of rotatable bonds is 4. The highest BCUT2D eigenvalue weighted by atomic mass is 32.2. The van der Waals surface area contributed by atoms with Crippen LogP contribution in [0.5, 0.6) is 0 Å². The largest absolute Gasteiger partial charge is 0.380 e. The van der Waals surface area contributed by atoms with Crippen LogP contribution in [-0.2, 0) is 21.3 Å².